The second-order valence-electron chi connectivity index (χ2n) is 2.58. The Morgan fingerprint density at radius 3 is 2.67 bits per heavy atom. The van der Waals surface area contributed by atoms with Gasteiger partial charge in [-0.1, -0.05) is 0 Å². The number of hydrogen-bond donors (Lipinski definition) is 3. The van der Waals surface area contributed by atoms with Crippen molar-refractivity contribution in [2.75, 3.05) is 33.0 Å². The summed E-state index contributed by atoms with van der Waals surface area (Å²) in [6.07, 6.45) is 0. The number of hydrogen-bond acceptors (Lipinski definition) is 6. The first-order valence-electron chi connectivity index (χ1n) is 3.69. The molecule has 0 bridgehead atoms. The van der Waals surface area contributed by atoms with E-state index in [1.54, 1.807) is 0 Å². The molecule has 3 N–H and O–H groups in total. The van der Waals surface area contributed by atoms with Crippen LogP contribution in [0.15, 0.2) is 0 Å². The first-order chi connectivity index (χ1) is 5.58. The van der Waals surface area contributed by atoms with E-state index in [1.165, 1.54) is 0 Å². The average molecular weight is 195 g/mol. The molecule has 72 valence electrons. The maximum Gasteiger partial charge on any atom is 0.671 e. The van der Waals surface area contributed by atoms with Crippen molar-refractivity contribution in [3.8, 4) is 0 Å². The first-order valence-corrected chi connectivity index (χ1v) is 5.44. The fourth-order valence-electron chi connectivity index (χ4n) is 0.940. The standard InChI is InChI=1S/C5H13NO5Si/c7-12(8,9)11-4-2-6-1-3-10-5-6/h7-9H,1-5H2. The largest absolute Gasteiger partial charge is 0.671 e. The minimum absolute atomic E-state index is 0.110. The van der Waals surface area contributed by atoms with Gasteiger partial charge in [-0.3, -0.25) is 4.90 Å². The van der Waals surface area contributed by atoms with Gasteiger partial charge in [0, 0.05) is 13.1 Å². The topological polar surface area (TPSA) is 82.4 Å². The summed E-state index contributed by atoms with van der Waals surface area (Å²) in [5.74, 6) is 0. The van der Waals surface area contributed by atoms with Crippen molar-refractivity contribution in [1.29, 1.82) is 0 Å². The van der Waals surface area contributed by atoms with Gasteiger partial charge in [-0.25, -0.2) is 0 Å². The van der Waals surface area contributed by atoms with Gasteiger partial charge in [-0.15, -0.1) is 0 Å². The molecule has 7 heteroatoms. The summed E-state index contributed by atoms with van der Waals surface area (Å²) in [4.78, 5) is 27.4. The monoisotopic (exact) mass is 195 g/mol. The van der Waals surface area contributed by atoms with Crippen molar-refractivity contribution in [2.45, 2.75) is 0 Å². The van der Waals surface area contributed by atoms with Crippen LogP contribution in [0.4, 0.5) is 0 Å². The third-order valence-corrected chi connectivity index (χ3v) is 2.12. The van der Waals surface area contributed by atoms with Crippen LogP contribution in [0.1, 0.15) is 0 Å². The lowest BCUT2D eigenvalue weighted by atomic mass is 10.6. The van der Waals surface area contributed by atoms with E-state index in [-0.39, 0.29) is 6.61 Å². The molecule has 1 aliphatic heterocycles. The van der Waals surface area contributed by atoms with Crippen molar-refractivity contribution in [3.05, 3.63) is 0 Å². The highest BCUT2D eigenvalue weighted by Crippen LogP contribution is 1.98. The van der Waals surface area contributed by atoms with Gasteiger partial charge in [0.15, 0.2) is 0 Å². The van der Waals surface area contributed by atoms with Gasteiger partial charge < -0.3 is 23.5 Å². The van der Waals surface area contributed by atoms with Gasteiger partial charge in [0.05, 0.1) is 19.9 Å². The van der Waals surface area contributed by atoms with Gasteiger partial charge in [-0.2, -0.15) is 0 Å². The maximum absolute atomic E-state index is 8.47. The predicted molar refractivity (Wildman–Crippen MR) is 40.8 cm³/mol. The number of nitrogens with zero attached hydrogens (tertiary/aromatic N) is 1. The second-order valence-corrected chi connectivity index (χ2v) is 4.01. The van der Waals surface area contributed by atoms with E-state index in [2.05, 4.69) is 4.43 Å². The van der Waals surface area contributed by atoms with Gasteiger partial charge in [0.1, 0.15) is 0 Å². The van der Waals surface area contributed by atoms with E-state index in [9.17, 15) is 0 Å². The van der Waals surface area contributed by atoms with Crippen LogP contribution in [0.2, 0.25) is 0 Å². The summed E-state index contributed by atoms with van der Waals surface area (Å²) < 4.78 is 9.43. The Kier molecular flexibility index (Phi) is 3.59. The molecule has 1 rings (SSSR count). The Morgan fingerprint density at radius 2 is 2.17 bits per heavy atom. The molecule has 0 aromatic rings. The summed E-state index contributed by atoms with van der Waals surface area (Å²) in [5.41, 5.74) is 0. The third kappa shape index (κ3) is 4.12. The molecule has 1 heterocycles. The van der Waals surface area contributed by atoms with Crippen molar-refractivity contribution < 1.29 is 23.5 Å². The van der Waals surface area contributed by atoms with Crippen LogP contribution in [-0.4, -0.2) is 61.4 Å². The quantitative estimate of drug-likeness (QED) is 0.438. The van der Waals surface area contributed by atoms with E-state index in [0.717, 1.165) is 6.54 Å². The Hall–Kier alpha value is -0.0231. The van der Waals surface area contributed by atoms with Gasteiger partial charge in [0.25, 0.3) is 0 Å². The third-order valence-electron chi connectivity index (χ3n) is 1.53. The van der Waals surface area contributed by atoms with Crippen molar-refractivity contribution in [1.82, 2.24) is 4.90 Å². The molecule has 0 saturated carbocycles. The molecule has 12 heavy (non-hydrogen) atoms. The van der Waals surface area contributed by atoms with Crippen molar-refractivity contribution in [2.24, 2.45) is 0 Å². The molecular weight excluding hydrogens is 182 g/mol. The normalized spacial score (nSPS) is 20.2. The maximum atomic E-state index is 8.47. The summed E-state index contributed by atoms with van der Waals surface area (Å²) in [7, 11) is -4.30. The fourth-order valence-corrected chi connectivity index (χ4v) is 1.31. The van der Waals surface area contributed by atoms with Crippen molar-refractivity contribution in [3.63, 3.8) is 0 Å². The highest BCUT2D eigenvalue weighted by atomic mass is 28.4. The number of ether oxygens (including phenoxy) is 1. The van der Waals surface area contributed by atoms with Gasteiger partial charge >= 0.3 is 9.05 Å². The molecule has 1 saturated heterocycles. The molecule has 0 spiro atoms. The summed E-state index contributed by atoms with van der Waals surface area (Å²) in [5, 5.41) is 0. The Labute approximate surface area is 71.4 Å². The molecule has 0 amide bonds. The highest BCUT2D eigenvalue weighted by Gasteiger charge is 2.30. The first kappa shape index (κ1) is 10.1. The Balaban J connectivity index is 2.02. The molecule has 0 unspecified atom stereocenters. The lowest BCUT2D eigenvalue weighted by Crippen LogP contribution is -2.41. The van der Waals surface area contributed by atoms with E-state index < -0.39 is 9.05 Å². The lowest BCUT2D eigenvalue weighted by Gasteiger charge is -2.14. The van der Waals surface area contributed by atoms with Crippen LogP contribution >= 0.6 is 0 Å². The summed E-state index contributed by atoms with van der Waals surface area (Å²) in [6, 6.07) is 0. The summed E-state index contributed by atoms with van der Waals surface area (Å²) in [6.45, 7) is 2.70. The molecule has 1 fully saturated rings. The fraction of sp³-hybridized carbons (Fsp3) is 1.00. The van der Waals surface area contributed by atoms with Gasteiger partial charge in [-0.05, 0) is 0 Å². The molecule has 0 aromatic carbocycles. The highest BCUT2D eigenvalue weighted by molar-refractivity contribution is 6.48. The molecular formula is C5H13NO5Si. The Bertz CT molecular complexity index is 132. The van der Waals surface area contributed by atoms with E-state index >= 15 is 0 Å². The SMILES string of the molecule is O[Si](O)(O)OCCN1CCOC1. The molecule has 0 aliphatic carbocycles. The van der Waals surface area contributed by atoms with Gasteiger partial charge in [0.2, 0.25) is 0 Å². The van der Waals surface area contributed by atoms with Crippen LogP contribution < -0.4 is 0 Å². The zero-order chi connectivity index (χ0) is 9.03. The smallest absolute Gasteiger partial charge is 0.368 e. The molecule has 0 aromatic heterocycles. The van der Waals surface area contributed by atoms with Crippen LogP contribution in [0.25, 0.3) is 0 Å². The van der Waals surface area contributed by atoms with E-state index in [1.807, 2.05) is 4.90 Å². The Morgan fingerprint density at radius 1 is 1.42 bits per heavy atom. The van der Waals surface area contributed by atoms with E-state index in [0.29, 0.717) is 19.9 Å². The van der Waals surface area contributed by atoms with Crippen LogP contribution in [0.5, 0.6) is 0 Å². The second kappa shape index (κ2) is 4.28. The molecule has 0 radical (unpaired) electrons. The molecule has 6 nitrogen and oxygen atoms in total. The minimum atomic E-state index is -4.30. The lowest BCUT2D eigenvalue weighted by molar-refractivity contribution is 0.0495. The van der Waals surface area contributed by atoms with Crippen LogP contribution in [0, 0.1) is 0 Å². The number of rotatable bonds is 4. The zero-order valence-electron chi connectivity index (χ0n) is 6.64. The zero-order valence-corrected chi connectivity index (χ0v) is 7.64. The predicted octanol–water partition coefficient (Wildman–Crippen LogP) is -2.29. The summed E-state index contributed by atoms with van der Waals surface area (Å²) >= 11 is 0. The minimum Gasteiger partial charge on any atom is -0.368 e. The molecule has 1 aliphatic rings. The van der Waals surface area contributed by atoms with Crippen LogP contribution in [0.3, 0.4) is 0 Å². The van der Waals surface area contributed by atoms with E-state index in [4.69, 9.17) is 19.1 Å². The molecule has 0 atom stereocenters. The van der Waals surface area contributed by atoms with Crippen molar-refractivity contribution >= 4 is 9.05 Å². The van der Waals surface area contributed by atoms with Crippen LogP contribution in [-0.2, 0) is 9.16 Å². The average Bonchev–Trinajstić information content (AvgIpc) is 2.36.